The van der Waals surface area contributed by atoms with Gasteiger partial charge in [0, 0.05) is 6.07 Å². The fourth-order valence-corrected chi connectivity index (χ4v) is 1.83. The van der Waals surface area contributed by atoms with E-state index in [0.29, 0.717) is 17.2 Å². The van der Waals surface area contributed by atoms with Crippen molar-refractivity contribution >= 4 is 23.3 Å². The van der Waals surface area contributed by atoms with Crippen LogP contribution >= 0.6 is 0 Å². The summed E-state index contributed by atoms with van der Waals surface area (Å²) in [6, 6.07) is 8.56. The molecule has 23 heavy (non-hydrogen) atoms. The first kappa shape index (κ1) is 16.5. The van der Waals surface area contributed by atoms with Gasteiger partial charge in [-0.15, -0.1) is 0 Å². The Kier molecular flexibility index (Phi) is 4.68. The molecule has 0 saturated carbocycles. The molecule has 0 radical (unpaired) electrons. The fourth-order valence-electron chi connectivity index (χ4n) is 1.83. The highest BCUT2D eigenvalue weighted by Crippen LogP contribution is 2.27. The number of anilines is 2. The number of hydrogen-bond donors (Lipinski definition) is 2. The number of nitrogens with zero attached hydrogens (tertiary/aromatic N) is 1. The summed E-state index contributed by atoms with van der Waals surface area (Å²) in [6.45, 7) is 4.77. The number of aromatic nitrogens is 1. The Morgan fingerprint density at radius 3 is 2.43 bits per heavy atom. The number of hydrogen-bond acceptors (Lipinski definition) is 5. The topological polar surface area (TPSA) is 93.5 Å². The van der Waals surface area contributed by atoms with Crippen molar-refractivity contribution in [2.75, 3.05) is 17.7 Å². The molecule has 7 nitrogen and oxygen atoms in total. The molecule has 1 aromatic heterocycles. The van der Waals surface area contributed by atoms with Crippen molar-refractivity contribution in [2.24, 2.45) is 5.41 Å². The summed E-state index contributed by atoms with van der Waals surface area (Å²) in [5.41, 5.74) is -0.814. The predicted molar refractivity (Wildman–Crippen MR) is 85.3 cm³/mol. The Labute approximate surface area is 134 Å². The smallest absolute Gasteiger partial charge is 0.240 e. The monoisotopic (exact) mass is 317 g/mol. The van der Waals surface area contributed by atoms with E-state index in [-0.39, 0.29) is 5.82 Å². The van der Waals surface area contributed by atoms with Crippen LogP contribution in [-0.2, 0) is 9.59 Å². The summed E-state index contributed by atoms with van der Waals surface area (Å²) >= 11 is 0. The first-order valence-corrected chi connectivity index (χ1v) is 7.04. The zero-order valence-corrected chi connectivity index (χ0v) is 13.5. The first-order chi connectivity index (χ1) is 10.8. The number of amides is 2. The van der Waals surface area contributed by atoms with Crippen LogP contribution in [0.4, 0.5) is 11.5 Å². The second-order valence-corrected chi connectivity index (χ2v) is 5.56. The molecular formula is C16H19N3O4. The van der Waals surface area contributed by atoms with E-state index in [0.717, 1.165) is 0 Å². The number of rotatable bonds is 5. The Balaban J connectivity index is 2.11. The van der Waals surface area contributed by atoms with E-state index >= 15 is 0 Å². The predicted octanol–water partition coefficient (Wildman–Crippen LogP) is 2.60. The van der Waals surface area contributed by atoms with Crippen molar-refractivity contribution in [3.05, 3.63) is 36.1 Å². The first-order valence-electron chi connectivity index (χ1n) is 7.04. The molecule has 122 valence electrons. The van der Waals surface area contributed by atoms with Crippen molar-refractivity contribution in [3.63, 3.8) is 0 Å². The van der Waals surface area contributed by atoms with Crippen molar-refractivity contribution in [1.29, 1.82) is 0 Å². The van der Waals surface area contributed by atoms with E-state index in [1.54, 1.807) is 37.3 Å². The molecule has 2 amide bonds. The Hall–Kier alpha value is -2.83. The minimum atomic E-state index is -1.31. The summed E-state index contributed by atoms with van der Waals surface area (Å²) in [5, 5.41) is 8.95. The lowest BCUT2D eigenvalue weighted by molar-refractivity contribution is -0.135. The van der Waals surface area contributed by atoms with Gasteiger partial charge in [0.05, 0.1) is 12.8 Å². The van der Waals surface area contributed by atoms with Crippen LogP contribution in [0, 0.1) is 12.3 Å². The highest BCUT2D eigenvalue weighted by Gasteiger charge is 2.37. The van der Waals surface area contributed by atoms with Crippen molar-refractivity contribution < 1.29 is 18.8 Å². The maximum atomic E-state index is 12.5. The van der Waals surface area contributed by atoms with Crippen molar-refractivity contribution in [3.8, 4) is 5.75 Å². The summed E-state index contributed by atoms with van der Waals surface area (Å²) in [5.74, 6) is 0.407. The van der Waals surface area contributed by atoms with Crippen LogP contribution in [0.1, 0.15) is 19.6 Å². The Morgan fingerprint density at radius 2 is 1.83 bits per heavy atom. The van der Waals surface area contributed by atoms with Gasteiger partial charge in [0.1, 0.15) is 16.9 Å². The van der Waals surface area contributed by atoms with Crippen molar-refractivity contribution in [1.82, 2.24) is 5.16 Å². The molecule has 1 aromatic carbocycles. The third-order valence-electron chi connectivity index (χ3n) is 3.36. The van der Waals surface area contributed by atoms with Crippen LogP contribution in [0.5, 0.6) is 5.75 Å². The van der Waals surface area contributed by atoms with E-state index in [9.17, 15) is 9.59 Å². The summed E-state index contributed by atoms with van der Waals surface area (Å²) < 4.78 is 10.1. The Bertz CT molecular complexity index is 722. The second-order valence-electron chi connectivity index (χ2n) is 5.56. The molecule has 0 bridgehead atoms. The molecule has 2 rings (SSSR count). The zero-order chi connectivity index (χ0) is 17.0. The van der Waals surface area contributed by atoms with Gasteiger partial charge in [0.15, 0.2) is 5.82 Å². The third kappa shape index (κ3) is 3.68. The van der Waals surface area contributed by atoms with Gasteiger partial charge >= 0.3 is 0 Å². The van der Waals surface area contributed by atoms with E-state index in [2.05, 4.69) is 15.8 Å². The van der Waals surface area contributed by atoms with Gasteiger partial charge in [0.25, 0.3) is 0 Å². The van der Waals surface area contributed by atoms with Gasteiger partial charge in [-0.2, -0.15) is 0 Å². The molecule has 0 spiro atoms. The number of nitrogens with one attached hydrogen (secondary N) is 2. The highest BCUT2D eigenvalue weighted by atomic mass is 16.5. The van der Waals surface area contributed by atoms with E-state index < -0.39 is 17.2 Å². The highest BCUT2D eigenvalue weighted by molar-refractivity contribution is 6.14. The molecule has 2 N–H and O–H groups in total. The molecular weight excluding hydrogens is 298 g/mol. The number of benzene rings is 1. The van der Waals surface area contributed by atoms with Crippen LogP contribution in [-0.4, -0.2) is 24.1 Å². The van der Waals surface area contributed by atoms with Crippen LogP contribution in [0.3, 0.4) is 0 Å². The summed E-state index contributed by atoms with van der Waals surface area (Å²) in [7, 11) is 1.51. The van der Waals surface area contributed by atoms with E-state index in [1.807, 2.05) is 0 Å². The second kappa shape index (κ2) is 6.51. The van der Waals surface area contributed by atoms with Crippen LogP contribution in [0.2, 0.25) is 0 Å². The minimum Gasteiger partial charge on any atom is -0.495 e. The quantitative estimate of drug-likeness (QED) is 0.827. The Morgan fingerprint density at radius 1 is 1.17 bits per heavy atom. The van der Waals surface area contributed by atoms with Crippen LogP contribution in [0.15, 0.2) is 34.9 Å². The number of methoxy groups -OCH3 is 1. The molecule has 0 aliphatic heterocycles. The number of ether oxygens (including phenoxy) is 1. The molecule has 0 saturated heterocycles. The van der Waals surface area contributed by atoms with Gasteiger partial charge in [-0.25, -0.2) is 0 Å². The normalized spacial score (nSPS) is 11.0. The molecule has 0 aliphatic carbocycles. The lowest BCUT2D eigenvalue weighted by Gasteiger charge is -2.22. The maximum absolute atomic E-state index is 12.5. The number of carbonyl (C=O) groups excluding carboxylic acids is 2. The van der Waals surface area contributed by atoms with Crippen molar-refractivity contribution in [2.45, 2.75) is 20.8 Å². The molecule has 0 atom stereocenters. The van der Waals surface area contributed by atoms with Gasteiger partial charge in [-0.3, -0.25) is 9.59 Å². The average Bonchev–Trinajstić information content (AvgIpc) is 2.92. The lowest BCUT2D eigenvalue weighted by atomic mass is 9.91. The van der Waals surface area contributed by atoms with Gasteiger partial charge in [-0.05, 0) is 32.9 Å². The number of carbonyl (C=O) groups is 2. The lowest BCUT2D eigenvalue weighted by Crippen LogP contribution is -2.41. The molecule has 0 fully saturated rings. The van der Waals surface area contributed by atoms with Crippen LogP contribution < -0.4 is 15.4 Å². The third-order valence-corrected chi connectivity index (χ3v) is 3.36. The number of para-hydroxylation sites is 2. The van der Waals surface area contributed by atoms with Crippen LogP contribution in [0.25, 0.3) is 0 Å². The standard InChI is InChI=1S/C16H19N3O4/c1-10-9-13(19-23-10)18-15(21)16(2,3)14(20)17-11-7-5-6-8-12(11)22-4/h5-9H,1-4H3,(H,17,20)(H,18,19,21). The van der Waals surface area contributed by atoms with E-state index in [1.165, 1.54) is 21.0 Å². The molecule has 7 heteroatoms. The zero-order valence-electron chi connectivity index (χ0n) is 13.5. The molecule has 0 unspecified atom stereocenters. The fraction of sp³-hybridized carbons (Fsp3) is 0.312. The minimum absolute atomic E-state index is 0.269. The average molecular weight is 317 g/mol. The van der Waals surface area contributed by atoms with Gasteiger partial charge < -0.3 is 19.9 Å². The summed E-state index contributed by atoms with van der Waals surface area (Å²) in [4.78, 5) is 24.8. The largest absolute Gasteiger partial charge is 0.495 e. The molecule has 0 aliphatic rings. The maximum Gasteiger partial charge on any atom is 0.240 e. The van der Waals surface area contributed by atoms with Gasteiger partial charge in [0.2, 0.25) is 11.8 Å². The summed E-state index contributed by atoms with van der Waals surface area (Å²) in [6.07, 6.45) is 0. The molecule has 2 aromatic rings. The SMILES string of the molecule is COc1ccccc1NC(=O)C(C)(C)C(=O)Nc1cc(C)on1. The van der Waals surface area contributed by atoms with Gasteiger partial charge in [-0.1, -0.05) is 17.3 Å². The number of aryl methyl sites for hydroxylation is 1. The molecule has 1 heterocycles. The van der Waals surface area contributed by atoms with E-state index in [4.69, 9.17) is 9.26 Å².